The van der Waals surface area contributed by atoms with Crippen LogP contribution in [0.2, 0.25) is 0 Å². The van der Waals surface area contributed by atoms with Crippen LogP contribution in [0.4, 0.5) is 8.78 Å². The third-order valence-corrected chi connectivity index (χ3v) is 12.0. The van der Waals surface area contributed by atoms with Crippen molar-refractivity contribution < 1.29 is 27.8 Å². The van der Waals surface area contributed by atoms with Crippen LogP contribution in [0.3, 0.4) is 0 Å². The van der Waals surface area contributed by atoms with Crippen molar-refractivity contribution in [3.05, 3.63) is 58.2 Å². The van der Waals surface area contributed by atoms with Crippen LogP contribution in [0.5, 0.6) is 11.5 Å². The molecule has 46 heavy (non-hydrogen) atoms. The minimum Gasteiger partial charge on any atom is -0.426 e. The monoisotopic (exact) mass is 636 g/mol. The summed E-state index contributed by atoms with van der Waals surface area (Å²) >= 11 is 0. The van der Waals surface area contributed by atoms with Crippen molar-refractivity contribution in [3.63, 3.8) is 0 Å². The topological polar surface area (TPSA) is 105 Å². The van der Waals surface area contributed by atoms with E-state index in [0.29, 0.717) is 36.8 Å². The average Bonchev–Trinajstić information content (AvgIpc) is 3.00. The van der Waals surface area contributed by atoms with Crippen LogP contribution in [-0.2, 0) is 33.3 Å². The van der Waals surface area contributed by atoms with E-state index < -0.39 is 11.9 Å². The van der Waals surface area contributed by atoms with Crippen LogP contribution < -0.4 is 20.9 Å². The second-order valence-corrected chi connectivity index (χ2v) is 15.0. The number of carbonyl (C=O) groups excluding carboxylic acids is 2. The summed E-state index contributed by atoms with van der Waals surface area (Å²) in [6.45, 7) is 4.25. The predicted octanol–water partition coefficient (Wildman–Crippen LogP) is 7.48. The van der Waals surface area contributed by atoms with Gasteiger partial charge in [-0.2, -0.15) is 0 Å². The zero-order chi connectivity index (χ0) is 32.6. The molecule has 0 aliphatic heterocycles. The predicted molar refractivity (Wildman–Crippen MR) is 174 cm³/mol. The molecule has 0 heterocycles. The Hall–Kier alpha value is -2.84. The molecule has 2 fully saturated rings. The van der Waals surface area contributed by atoms with E-state index in [9.17, 15) is 9.59 Å². The molecular weight excluding hydrogens is 586 g/mol. The highest BCUT2D eigenvalue weighted by Crippen LogP contribution is 2.49. The molecule has 6 unspecified atom stereocenters. The minimum absolute atomic E-state index is 0.0577. The Kier molecular flexibility index (Phi) is 9.60. The number of esters is 2. The van der Waals surface area contributed by atoms with Gasteiger partial charge in [-0.05, 0) is 97.6 Å². The van der Waals surface area contributed by atoms with E-state index in [1.807, 2.05) is 12.1 Å². The Labute approximate surface area is 272 Å². The molecule has 2 saturated carbocycles. The first kappa shape index (κ1) is 33.1. The lowest BCUT2D eigenvalue weighted by molar-refractivity contribution is -0.136. The number of hydrogen-bond donors (Lipinski definition) is 2. The van der Waals surface area contributed by atoms with Crippen LogP contribution in [0, 0.1) is 23.5 Å². The highest BCUT2D eigenvalue weighted by atomic mass is 19.1. The largest absolute Gasteiger partial charge is 0.426 e. The smallest absolute Gasteiger partial charge is 0.311 e. The summed E-state index contributed by atoms with van der Waals surface area (Å²) in [5.74, 6) is -0.713. The number of ether oxygens (including phenoxy) is 2. The van der Waals surface area contributed by atoms with E-state index in [-0.39, 0.29) is 70.7 Å². The summed E-state index contributed by atoms with van der Waals surface area (Å²) < 4.78 is 41.8. The number of rotatable bonds is 7. The van der Waals surface area contributed by atoms with Gasteiger partial charge in [0, 0.05) is 47.9 Å². The fourth-order valence-electron chi connectivity index (χ4n) is 9.17. The summed E-state index contributed by atoms with van der Waals surface area (Å²) in [7, 11) is 0. The van der Waals surface area contributed by atoms with Crippen LogP contribution in [-0.4, -0.2) is 24.0 Å². The third kappa shape index (κ3) is 6.36. The van der Waals surface area contributed by atoms with Crippen LogP contribution in [0.1, 0.15) is 126 Å². The lowest BCUT2D eigenvalue weighted by Crippen LogP contribution is -2.53. The van der Waals surface area contributed by atoms with Gasteiger partial charge >= 0.3 is 11.9 Å². The molecule has 0 saturated heterocycles. The Morgan fingerprint density at radius 1 is 0.696 bits per heavy atom. The highest BCUT2D eigenvalue weighted by Gasteiger charge is 2.46. The van der Waals surface area contributed by atoms with E-state index >= 15 is 8.78 Å². The van der Waals surface area contributed by atoms with Gasteiger partial charge < -0.3 is 20.9 Å². The van der Waals surface area contributed by atoms with Gasteiger partial charge in [-0.3, -0.25) is 9.59 Å². The molecule has 0 aromatic heterocycles. The standard InChI is InChI=1S/C38H50F2N2O4/c1-37-15-9-3-5-11-23(35(37)41)17-27-29(37)19-25(21-31(27)39)45-33(43)13-7-8-14-34(44)46-26-20-30-28(32(40)22-26)18-24-12-6-4-10-16-38(30,2)36(24)42/h19-24,35-36H,3-18,41-42H2,1-2H3. The second kappa shape index (κ2) is 13.3. The van der Waals surface area contributed by atoms with Gasteiger partial charge in [0.25, 0.3) is 0 Å². The number of carbonyl (C=O) groups is 2. The zero-order valence-corrected chi connectivity index (χ0v) is 27.5. The quantitative estimate of drug-likeness (QED) is 0.186. The van der Waals surface area contributed by atoms with Crippen molar-refractivity contribution in [1.29, 1.82) is 0 Å². The summed E-state index contributed by atoms with van der Waals surface area (Å²) in [6, 6.07) is 6.14. The van der Waals surface area contributed by atoms with E-state index in [2.05, 4.69) is 13.8 Å². The Bertz CT molecular complexity index is 1370. The van der Waals surface area contributed by atoms with Gasteiger partial charge in [-0.15, -0.1) is 0 Å². The molecule has 6 rings (SSSR count). The van der Waals surface area contributed by atoms with E-state index in [1.54, 1.807) is 0 Å². The molecular formula is C38H50F2N2O4. The number of halogens is 2. The van der Waals surface area contributed by atoms with Crippen molar-refractivity contribution >= 4 is 11.9 Å². The van der Waals surface area contributed by atoms with Gasteiger partial charge in [0.1, 0.15) is 23.1 Å². The van der Waals surface area contributed by atoms with Crippen LogP contribution in [0.15, 0.2) is 24.3 Å². The first-order valence-electron chi connectivity index (χ1n) is 17.6. The van der Waals surface area contributed by atoms with Gasteiger partial charge in [0.2, 0.25) is 0 Å². The van der Waals surface area contributed by atoms with Gasteiger partial charge in [-0.25, -0.2) is 8.78 Å². The van der Waals surface area contributed by atoms with Crippen LogP contribution >= 0.6 is 0 Å². The first-order valence-corrected chi connectivity index (χ1v) is 17.6. The van der Waals surface area contributed by atoms with Crippen LogP contribution in [0.25, 0.3) is 0 Å². The van der Waals surface area contributed by atoms with Gasteiger partial charge in [-0.1, -0.05) is 52.4 Å². The Balaban J connectivity index is 1.03. The summed E-state index contributed by atoms with van der Waals surface area (Å²) in [5.41, 5.74) is 15.9. The molecule has 2 aromatic carbocycles. The first-order chi connectivity index (χ1) is 22.0. The molecule has 0 spiro atoms. The van der Waals surface area contributed by atoms with Crippen molar-refractivity contribution in [3.8, 4) is 11.5 Å². The Morgan fingerprint density at radius 2 is 1.11 bits per heavy atom. The minimum atomic E-state index is -0.479. The Morgan fingerprint density at radius 3 is 1.52 bits per heavy atom. The second-order valence-electron chi connectivity index (χ2n) is 15.0. The van der Waals surface area contributed by atoms with E-state index in [4.69, 9.17) is 20.9 Å². The maximum absolute atomic E-state index is 15.3. The van der Waals surface area contributed by atoms with Crippen molar-refractivity contribution in [1.82, 2.24) is 0 Å². The normalized spacial score (nSPS) is 30.5. The lowest BCUT2D eigenvalue weighted by Gasteiger charge is -2.47. The maximum atomic E-state index is 15.3. The number of unbranched alkanes of at least 4 members (excludes halogenated alkanes) is 1. The molecule has 2 aromatic rings. The van der Waals surface area contributed by atoms with Crippen molar-refractivity contribution in [2.24, 2.45) is 23.3 Å². The fraction of sp³-hybridized carbons (Fsp3) is 0.632. The molecule has 6 nitrogen and oxygen atoms in total. The number of fused-ring (bicyclic) bond motifs is 8. The number of hydrogen-bond acceptors (Lipinski definition) is 6. The molecule has 4 N–H and O–H groups in total. The molecule has 4 aliphatic rings. The van der Waals surface area contributed by atoms with E-state index in [0.717, 1.165) is 75.3 Å². The molecule has 0 amide bonds. The zero-order valence-electron chi connectivity index (χ0n) is 27.5. The van der Waals surface area contributed by atoms with Crippen molar-refractivity contribution in [2.75, 3.05) is 0 Å². The van der Waals surface area contributed by atoms with Gasteiger partial charge in [0.15, 0.2) is 0 Å². The molecule has 0 radical (unpaired) electrons. The number of nitrogens with two attached hydrogens (primary N) is 2. The molecule has 4 bridgehead atoms. The fourth-order valence-corrected chi connectivity index (χ4v) is 9.17. The lowest BCUT2D eigenvalue weighted by atomic mass is 9.60. The summed E-state index contributed by atoms with van der Waals surface area (Å²) in [6.07, 6.45) is 12.6. The average molecular weight is 637 g/mol. The summed E-state index contributed by atoms with van der Waals surface area (Å²) in [5, 5.41) is 0. The van der Waals surface area contributed by atoms with Crippen molar-refractivity contribution in [2.45, 2.75) is 139 Å². The molecule has 6 atom stereocenters. The third-order valence-electron chi connectivity index (χ3n) is 12.0. The highest BCUT2D eigenvalue weighted by molar-refractivity contribution is 5.74. The summed E-state index contributed by atoms with van der Waals surface area (Å²) in [4.78, 5) is 25.4. The molecule has 250 valence electrons. The molecule has 4 aliphatic carbocycles. The SMILES string of the molecule is CC12CCCCCC(Cc3c(F)cc(OC(=O)CCCCC(=O)Oc4cc(F)c5c(c4)C4(C)CCCCCC(C5)C4N)cc31)C2N. The number of benzene rings is 2. The molecule has 8 heteroatoms. The van der Waals surface area contributed by atoms with E-state index in [1.165, 1.54) is 12.1 Å². The van der Waals surface area contributed by atoms with Gasteiger partial charge in [0.05, 0.1) is 0 Å². The maximum Gasteiger partial charge on any atom is 0.311 e.